The van der Waals surface area contributed by atoms with E-state index in [0.717, 1.165) is 24.3 Å². The molecule has 1 aliphatic rings. The molecule has 2 rings (SSSR count). The molecule has 0 saturated heterocycles. The minimum atomic E-state index is 0.223. The Morgan fingerprint density at radius 3 is 2.93 bits per heavy atom. The smallest absolute Gasteiger partial charge is 0.231 e. The molecule has 1 atom stereocenters. The predicted octanol–water partition coefficient (Wildman–Crippen LogP) is 2.98. The van der Waals surface area contributed by atoms with Crippen molar-refractivity contribution in [3.63, 3.8) is 0 Å². The summed E-state index contributed by atoms with van der Waals surface area (Å²) in [5.41, 5.74) is 1.25. The van der Waals surface area contributed by atoms with Crippen molar-refractivity contribution in [1.29, 1.82) is 0 Å². The lowest BCUT2D eigenvalue weighted by molar-refractivity contribution is 0.174. The lowest BCUT2D eigenvalue weighted by Crippen LogP contribution is -1.94. The number of hydrogen-bond donors (Lipinski definition) is 0. The third-order valence-electron chi connectivity index (χ3n) is 2.27. The normalized spacial score (nSPS) is 15.6. The molecule has 0 radical (unpaired) electrons. The first-order valence-electron chi connectivity index (χ1n) is 4.78. The molecule has 1 aliphatic heterocycles. The second kappa shape index (κ2) is 4.09. The Balaban J connectivity index is 2.05. The van der Waals surface area contributed by atoms with Crippen LogP contribution in [-0.2, 0) is 6.42 Å². The van der Waals surface area contributed by atoms with Gasteiger partial charge in [0.05, 0.1) is 0 Å². The van der Waals surface area contributed by atoms with Crippen LogP contribution in [0.5, 0.6) is 11.5 Å². The average molecular weight is 213 g/mol. The molecular formula is C11H13ClO2. The van der Waals surface area contributed by atoms with E-state index in [1.807, 2.05) is 19.1 Å². The van der Waals surface area contributed by atoms with Gasteiger partial charge in [-0.1, -0.05) is 6.07 Å². The fourth-order valence-corrected chi connectivity index (χ4v) is 1.57. The van der Waals surface area contributed by atoms with Crippen molar-refractivity contribution in [2.75, 3.05) is 6.79 Å². The van der Waals surface area contributed by atoms with E-state index >= 15 is 0 Å². The topological polar surface area (TPSA) is 18.5 Å². The summed E-state index contributed by atoms with van der Waals surface area (Å²) < 4.78 is 10.5. The van der Waals surface area contributed by atoms with Crippen LogP contribution in [0.4, 0.5) is 0 Å². The summed E-state index contributed by atoms with van der Waals surface area (Å²) in [5.74, 6) is 1.69. The summed E-state index contributed by atoms with van der Waals surface area (Å²) >= 11 is 5.89. The van der Waals surface area contributed by atoms with Crippen LogP contribution in [0, 0.1) is 0 Å². The maximum Gasteiger partial charge on any atom is 0.231 e. The van der Waals surface area contributed by atoms with Gasteiger partial charge in [-0.2, -0.15) is 0 Å². The fraction of sp³-hybridized carbons (Fsp3) is 0.455. The monoisotopic (exact) mass is 212 g/mol. The lowest BCUT2D eigenvalue weighted by Gasteiger charge is -2.04. The number of ether oxygens (including phenoxy) is 2. The Kier molecular flexibility index (Phi) is 2.82. The number of aryl methyl sites for hydroxylation is 1. The highest BCUT2D eigenvalue weighted by molar-refractivity contribution is 6.20. The van der Waals surface area contributed by atoms with Crippen LogP contribution in [0.15, 0.2) is 18.2 Å². The molecule has 0 N–H and O–H groups in total. The van der Waals surface area contributed by atoms with E-state index in [9.17, 15) is 0 Å². The molecule has 0 fully saturated rings. The number of fused-ring (bicyclic) bond motifs is 1. The Hall–Kier alpha value is -0.890. The molecule has 76 valence electrons. The van der Waals surface area contributed by atoms with E-state index in [-0.39, 0.29) is 5.38 Å². The van der Waals surface area contributed by atoms with Gasteiger partial charge in [0.2, 0.25) is 6.79 Å². The first-order valence-corrected chi connectivity index (χ1v) is 5.22. The van der Waals surface area contributed by atoms with Crippen LogP contribution >= 0.6 is 11.6 Å². The number of benzene rings is 1. The molecular weight excluding hydrogens is 200 g/mol. The highest BCUT2D eigenvalue weighted by Crippen LogP contribution is 2.32. The molecule has 0 spiro atoms. The van der Waals surface area contributed by atoms with Crippen molar-refractivity contribution in [1.82, 2.24) is 0 Å². The molecule has 0 bridgehead atoms. The first kappa shape index (κ1) is 9.66. The minimum absolute atomic E-state index is 0.223. The van der Waals surface area contributed by atoms with Gasteiger partial charge in [0, 0.05) is 5.38 Å². The molecule has 1 aromatic carbocycles. The zero-order valence-electron chi connectivity index (χ0n) is 8.13. The van der Waals surface area contributed by atoms with Gasteiger partial charge >= 0.3 is 0 Å². The fourth-order valence-electron chi connectivity index (χ4n) is 1.46. The third-order valence-corrected chi connectivity index (χ3v) is 2.49. The molecule has 0 aromatic heterocycles. The van der Waals surface area contributed by atoms with E-state index in [4.69, 9.17) is 21.1 Å². The zero-order chi connectivity index (χ0) is 9.97. The average Bonchev–Trinajstić information content (AvgIpc) is 2.61. The van der Waals surface area contributed by atoms with Crippen LogP contribution in [0.2, 0.25) is 0 Å². The summed E-state index contributed by atoms with van der Waals surface area (Å²) in [6.45, 7) is 2.35. The first-order chi connectivity index (χ1) is 6.75. The quantitative estimate of drug-likeness (QED) is 0.718. The SMILES string of the molecule is CC(Cl)CCc1ccc2c(c1)OCO2. The molecule has 14 heavy (non-hydrogen) atoms. The van der Waals surface area contributed by atoms with Crippen molar-refractivity contribution in [3.05, 3.63) is 23.8 Å². The summed E-state index contributed by atoms with van der Waals surface area (Å²) in [4.78, 5) is 0. The zero-order valence-corrected chi connectivity index (χ0v) is 8.88. The maximum absolute atomic E-state index is 5.89. The molecule has 0 amide bonds. The molecule has 0 aliphatic carbocycles. The Morgan fingerprint density at radius 1 is 1.36 bits per heavy atom. The van der Waals surface area contributed by atoms with E-state index in [2.05, 4.69) is 6.07 Å². The molecule has 1 aromatic rings. The van der Waals surface area contributed by atoms with Gasteiger partial charge in [-0.15, -0.1) is 11.6 Å². The molecule has 2 nitrogen and oxygen atoms in total. The predicted molar refractivity (Wildman–Crippen MR) is 56.2 cm³/mol. The van der Waals surface area contributed by atoms with Gasteiger partial charge in [0.1, 0.15) is 0 Å². The third kappa shape index (κ3) is 2.13. The van der Waals surface area contributed by atoms with Crippen molar-refractivity contribution in [3.8, 4) is 11.5 Å². The minimum Gasteiger partial charge on any atom is -0.454 e. The highest BCUT2D eigenvalue weighted by Gasteiger charge is 2.12. The maximum atomic E-state index is 5.89. The Bertz CT molecular complexity index is 323. The Labute approximate surface area is 88.8 Å². The van der Waals surface area contributed by atoms with Crippen molar-refractivity contribution in [2.24, 2.45) is 0 Å². The van der Waals surface area contributed by atoms with Gasteiger partial charge in [-0.3, -0.25) is 0 Å². The summed E-state index contributed by atoms with van der Waals surface area (Å²) in [6.07, 6.45) is 1.97. The molecule has 1 heterocycles. The molecule has 0 saturated carbocycles. The Morgan fingerprint density at radius 2 is 2.14 bits per heavy atom. The van der Waals surface area contributed by atoms with Crippen LogP contribution in [0.3, 0.4) is 0 Å². The number of alkyl halides is 1. The van der Waals surface area contributed by atoms with E-state index in [1.54, 1.807) is 0 Å². The van der Waals surface area contributed by atoms with E-state index < -0.39 is 0 Å². The van der Waals surface area contributed by atoms with Crippen molar-refractivity contribution in [2.45, 2.75) is 25.1 Å². The summed E-state index contributed by atoms with van der Waals surface area (Å²) in [7, 11) is 0. The van der Waals surface area contributed by atoms with Gasteiger partial charge in [0.15, 0.2) is 11.5 Å². The van der Waals surface area contributed by atoms with Crippen LogP contribution in [0.25, 0.3) is 0 Å². The van der Waals surface area contributed by atoms with Crippen LogP contribution in [0.1, 0.15) is 18.9 Å². The number of hydrogen-bond acceptors (Lipinski definition) is 2. The summed E-state index contributed by atoms with van der Waals surface area (Å²) in [6, 6.07) is 6.05. The van der Waals surface area contributed by atoms with Gasteiger partial charge in [0.25, 0.3) is 0 Å². The molecule has 1 unspecified atom stereocenters. The van der Waals surface area contributed by atoms with E-state index in [1.165, 1.54) is 5.56 Å². The van der Waals surface area contributed by atoms with Gasteiger partial charge in [-0.25, -0.2) is 0 Å². The van der Waals surface area contributed by atoms with Crippen LogP contribution in [-0.4, -0.2) is 12.2 Å². The largest absolute Gasteiger partial charge is 0.454 e. The van der Waals surface area contributed by atoms with Gasteiger partial charge < -0.3 is 9.47 Å². The second-order valence-electron chi connectivity index (χ2n) is 3.51. The highest BCUT2D eigenvalue weighted by atomic mass is 35.5. The van der Waals surface area contributed by atoms with Gasteiger partial charge in [-0.05, 0) is 37.5 Å². The van der Waals surface area contributed by atoms with Crippen molar-refractivity contribution >= 4 is 11.6 Å². The van der Waals surface area contributed by atoms with Crippen LogP contribution < -0.4 is 9.47 Å². The standard InChI is InChI=1S/C11H13ClO2/c1-8(12)2-3-9-4-5-10-11(6-9)14-7-13-10/h4-6,8H,2-3,7H2,1H3. The number of halogens is 1. The second-order valence-corrected chi connectivity index (χ2v) is 4.25. The van der Waals surface area contributed by atoms with Crippen molar-refractivity contribution < 1.29 is 9.47 Å². The summed E-state index contributed by atoms with van der Waals surface area (Å²) in [5, 5.41) is 0.223. The molecule has 3 heteroatoms. The van der Waals surface area contributed by atoms with E-state index in [0.29, 0.717) is 6.79 Å². The number of rotatable bonds is 3. The lowest BCUT2D eigenvalue weighted by atomic mass is 10.1.